The third-order valence-electron chi connectivity index (χ3n) is 4.67. The van der Waals surface area contributed by atoms with Gasteiger partial charge >= 0.3 is 0 Å². The number of rotatable bonds is 2. The molecule has 2 rings (SSSR count). The SMILES string of the molecule is CC1CCCC(C)C1NC1CCC(O)CC1. The van der Waals surface area contributed by atoms with Crippen LogP contribution in [0, 0.1) is 11.8 Å². The summed E-state index contributed by atoms with van der Waals surface area (Å²) in [5.41, 5.74) is 0. The van der Waals surface area contributed by atoms with Gasteiger partial charge in [-0.2, -0.15) is 0 Å². The zero-order valence-electron chi connectivity index (χ0n) is 10.8. The molecule has 2 aliphatic carbocycles. The van der Waals surface area contributed by atoms with Gasteiger partial charge in [-0.25, -0.2) is 0 Å². The molecule has 0 saturated heterocycles. The lowest BCUT2D eigenvalue weighted by Crippen LogP contribution is -2.49. The Balaban J connectivity index is 1.83. The predicted molar refractivity (Wildman–Crippen MR) is 67.4 cm³/mol. The quantitative estimate of drug-likeness (QED) is 0.757. The molecule has 2 fully saturated rings. The van der Waals surface area contributed by atoms with Crippen LogP contribution >= 0.6 is 0 Å². The molecule has 0 aliphatic heterocycles. The van der Waals surface area contributed by atoms with Gasteiger partial charge in [-0.15, -0.1) is 0 Å². The summed E-state index contributed by atoms with van der Waals surface area (Å²) in [4.78, 5) is 0. The lowest BCUT2D eigenvalue weighted by Gasteiger charge is -2.39. The maximum absolute atomic E-state index is 9.51. The predicted octanol–water partition coefficient (Wildman–Crippen LogP) is 2.70. The fourth-order valence-electron chi connectivity index (χ4n) is 3.52. The highest BCUT2D eigenvalue weighted by Crippen LogP contribution is 2.30. The Morgan fingerprint density at radius 2 is 1.44 bits per heavy atom. The molecule has 0 heterocycles. The first-order valence-electron chi connectivity index (χ1n) is 7.11. The van der Waals surface area contributed by atoms with E-state index in [2.05, 4.69) is 19.2 Å². The Morgan fingerprint density at radius 3 is 2.00 bits per heavy atom. The fraction of sp³-hybridized carbons (Fsp3) is 1.00. The Kier molecular flexibility index (Phi) is 4.26. The number of hydrogen-bond acceptors (Lipinski definition) is 2. The van der Waals surface area contributed by atoms with Gasteiger partial charge in [-0.3, -0.25) is 0 Å². The van der Waals surface area contributed by atoms with Gasteiger partial charge in [0, 0.05) is 12.1 Å². The molecule has 2 aliphatic rings. The van der Waals surface area contributed by atoms with Gasteiger partial charge in [0.05, 0.1) is 6.10 Å². The Bertz CT molecular complexity index is 201. The third-order valence-corrected chi connectivity index (χ3v) is 4.67. The summed E-state index contributed by atoms with van der Waals surface area (Å²) in [5.74, 6) is 1.66. The van der Waals surface area contributed by atoms with Crippen LogP contribution in [0.2, 0.25) is 0 Å². The van der Waals surface area contributed by atoms with Crippen molar-refractivity contribution in [1.82, 2.24) is 5.32 Å². The van der Waals surface area contributed by atoms with Crippen molar-refractivity contribution in [3.8, 4) is 0 Å². The Hall–Kier alpha value is -0.0800. The van der Waals surface area contributed by atoms with Gasteiger partial charge in [0.15, 0.2) is 0 Å². The maximum atomic E-state index is 9.51. The minimum Gasteiger partial charge on any atom is -0.393 e. The molecule has 0 aromatic heterocycles. The molecular weight excluding hydrogens is 198 g/mol. The van der Waals surface area contributed by atoms with E-state index < -0.39 is 0 Å². The molecule has 0 bridgehead atoms. The summed E-state index contributed by atoms with van der Waals surface area (Å²) in [6.45, 7) is 4.79. The molecule has 2 heteroatoms. The molecule has 0 aromatic rings. The molecule has 2 atom stereocenters. The van der Waals surface area contributed by atoms with Crippen LogP contribution in [0.4, 0.5) is 0 Å². The topological polar surface area (TPSA) is 32.3 Å². The van der Waals surface area contributed by atoms with Crippen LogP contribution in [0.5, 0.6) is 0 Å². The lowest BCUT2D eigenvalue weighted by atomic mass is 9.77. The van der Waals surface area contributed by atoms with Crippen molar-refractivity contribution in [3.05, 3.63) is 0 Å². The zero-order chi connectivity index (χ0) is 11.5. The summed E-state index contributed by atoms with van der Waals surface area (Å²) in [7, 11) is 0. The monoisotopic (exact) mass is 225 g/mol. The first-order chi connectivity index (χ1) is 7.66. The van der Waals surface area contributed by atoms with Gasteiger partial charge in [-0.05, 0) is 50.4 Å². The fourth-order valence-corrected chi connectivity index (χ4v) is 3.52. The second-order valence-electron chi connectivity index (χ2n) is 6.08. The lowest BCUT2D eigenvalue weighted by molar-refractivity contribution is 0.102. The van der Waals surface area contributed by atoms with E-state index in [1.807, 2.05) is 0 Å². The average Bonchev–Trinajstić information content (AvgIpc) is 2.26. The third kappa shape index (κ3) is 2.98. The van der Waals surface area contributed by atoms with Crippen molar-refractivity contribution in [2.45, 2.75) is 77.0 Å². The summed E-state index contributed by atoms with van der Waals surface area (Å²) >= 11 is 0. The second-order valence-corrected chi connectivity index (χ2v) is 6.08. The molecule has 0 spiro atoms. The molecule has 0 aromatic carbocycles. The summed E-state index contributed by atoms with van der Waals surface area (Å²) in [5, 5.41) is 13.4. The van der Waals surface area contributed by atoms with E-state index in [1.165, 1.54) is 19.3 Å². The summed E-state index contributed by atoms with van der Waals surface area (Å²) in [6, 6.07) is 1.38. The zero-order valence-corrected chi connectivity index (χ0v) is 10.8. The van der Waals surface area contributed by atoms with Gasteiger partial charge in [0.2, 0.25) is 0 Å². The first-order valence-corrected chi connectivity index (χ1v) is 7.11. The van der Waals surface area contributed by atoms with Gasteiger partial charge in [0.1, 0.15) is 0 Å². The number of nitrogens with one attached hydrogen (secondary N) is 1. The largest absolute Gasteiger partial charge is 0.393 e. The van der Waals surface area contributed by atoms with Crippen LogP contribution in [0.3, 0.4) is 0 Å². The van der Waals surface area contributed by atoms with Crippen LogP contribution in [0.1, 0.15) is 58.8 Å². The Morgan fingerprint density at radius 1 is 0.875 bits per heavy atom. The Labute approximate surface area is 99.8 Å². The molecule has 94 valence electrons. The van der Waals surface area contributed by atoms with Gasteiger partial charge < -0.3 is 10.4 Å². The van der Waals surface area contributed by atoms with E-state index in [1.54, 1.807) is 0 Å². The molecule has 16 heavy (non-hydrogen) atoms. The molecule has 2 nitrogen and oxygen atoms in total. The van der Waals surface area contributed by atoms with E-state index in [0.29, 0.717) is 12.1 Å². The van der Waals surface area contributed by atoms with Crippen molar-refractivity contribution in [2.24, 2.45) is 11.8 Å². The highest BCUT2D eigenvalue weighted by molar-refractivity contribution is 4.87. The summed E-state index contributed by atoms with van der Waals surface area (Å²) in [6.07, 6.45) is 8.46. The van der Waals surface area contributed by atoms with Crippen molar-refractivity contribution in [1.29, 1.82) is 0 Å². The molecule has 2 unspecified atom stereocenters. The normalized spacial score (nSPS) is 45.6. The molecule has 0 radical (unpaired) electrons. The first kappa shape index (κ1) is 12.4. The number of aliphatic hydroxyl groups excluding tert-OH is 1. The van der Waals surface area contributed by atoms with Crippen LogP contribution in [0.15, 0.2) is 0 Å². The molecule has 2 saturated carbocycles. The van der Waals surface area contributed by atoms with Crippen LogP contribution in [-0.4, -0.2) is 23.3 Å². The van der Waals surface area contributed by atoms with Crippen LogP contribution in [-0.2, 0) is 0 Å². The highest BCUT2D eigenvalue weighted by atomic mass is 16.3. The second kappa shape index (κ2) is 5.50. The smallest absolute Gasteiger partial charge is 0.0541 e. The van der Waals surface area contributed by atoms with Crippen molar-refractivity contribution in [2.75, 3.05) is 0 Å². The van der Waals surface area contributed by atoms with Crippen molar-refractivity contribution < 1.29 is 5.11 Å². The molecule has 0 amide bonds. The van der Waals surface area contributed by atoms with Crippen LogP contribution < -0.4 is 5.32 Å². The van der Waals surface area contributed by atoms with Gasteiger partial charge in [-0.1, -0.05) is 20.3 Å². The van der Waals surface area contributed by atoms with Crippen molar-refractivity contribution in [3.63, 3.8) is 0 Å². The minimum absolute atomic E-state index is 0.0285. The van der Waals surface area contributed by atoms with Crippen molar-refractivity contribution >= 4 is 0 Å². The molecular formula is C14H27NO. The highest BCUT2D eigenvalue weighted by Gasteiger charge is 2.30. The standard InChI is InChI=1S/C14H27NO/c1-10-4-3-5-11(2)14(10)15-12-6-8-13(16)9-7-12/h10-16H,3-9H2,1-2H3. The average molecular weight is 225 g/mol. The van der Waals surface area contributed by atoms with Gasteiger partial charge in [0.25, 0.3) is 0 Å². The summed E-state index contributed by atoms with van der Waals surface area (Å²) < 4.78 is 0. The minimum atomic E-state index is -0.0285. The number of hydrogen-bond donors (Lipinski definition) is 2. The van der Waals surface area contributed by atoms with Crippen LogP contribution in [0.25, 0.3) is 0 Å². The van der Waals surface area contributed by atoms with E-state index >= 15 is 0 Å². The molecule has 2 N–H and O–H groups in total. The van der Waals surface area contributed by atoms with E-state index in [9.17, 15) is 5.11 Å². The van der Waals surface area contributed by atoms with E-state index in [4.69, 9.17) is 0 Å². The maximum Gasteiger partial charge on any atom is 0.0541 e. The van der Waals surface area contributed by atoms with E-state index in [0.717, 1.165) is 37.5 Å². The van der Waals surface area contributed by atoms with E-state index in [-0.39, 0.29) is 6.10 Å². The number of aliphatic hydroxyl groups is 1.